The number of rotatable bonds is 7. The number of nitrogens with one attached hydrogen (secondary N) is 2. The second-order valence-electron chi connectivity index (χ2n) is 7.65. The Morgan fingerprint density at radius 3 is 2.62 bits per heavy atom. The highest BCUT2D eigenvalue weighted by Crippen LogP contribution is 2.29. The van der Waals surface area contributed by atoms with Crippen LogP contribution in [0.2, 0.25) is 0 Å². The summed E-state index contributed by atoms with van der Waals surface area (Å²) in [6.45, 7) is 6.67. The van der Waals surface area contributed by atoms with Crippen molar-refractivity contribution in [3.05, 3.63) is 64.9 Å². The topological polar surface area (TPSA) is 88.4 Å². The lowest BCUT2D eigenvalue weighted by Gasteiger charge is -2.10. The van der Waals surface area contributed by atoms with E-state index >= 15 is 0 Å². The SMILES string of the molecule is Cc1cc2occ(CC(=O)NCc3cccc(NS(C)(=O)=O)c3)c2cc1C(C)C. The van der Waals surface area contributed by atoms with E-state index in [9.17, 15) is 13.2 Å². The van der Waals surface area contributed by atoms with E-state index in [0.29, 0.717) is 18.2 Å². The van der Waals surface area contributed by atoms with Gasteiger partial charge in [-0.2, -0.15) is 0 Å². The molecule has 1 aromatic heterocycles. The Hall–Kier alpha value is -2.80. The molecule has 0 aliphatic heterocycles. The van der Waals surface area contributed by atoms with Gasteiger partial charge < -0.3 is 9.73 Å². The van der Waals surface area contributed by atoms with Gasteiger partial charge in [-0.3, -0.25) is 9.52 Å². The summed E-state index contributed by atoms with van der Waals surface area (Å²) in [5.41, 5.74) is 5.34. The molecule has 7 heteroatoms. The molecule has 0 saturated heterocycles. The van der Waals surface area contributed by atoms with E-state index in [1.165, 1.54) is 11.1 Å². The van der Waals surface area contributed by atoms with E-state index in [0.717, 1.165) is 28.4 Å². The first-order chi connectivity index (χ1) is 13.6. The zero-order chi connectivity index (χ0) is 21.2. The second-order valence-corrected chi connectivity index (χ2v) is 9.40. The van der Waals surface area contributed by atoms with Crippen LogP contribution in [0, 0.1) is 6.92 Å². The van der Waals surface area contributed by atoms with Gasteiger partial charge in [-0.05, 0) is 53.8 Å². The standard InChI is InChI=1S/C22H26N2O4S/c1-14(2)19-11-20-17(13-28-21(20)8-15(19)3)10-22(25)23-12-16-6-5-7-18(9-16)24-29(4,26)27/h5-9,11,13-14,24H,10,12H2,1-4H3,(H,23,25). The number of benzene rings is 2. The van der Waals surface area contributed by atoms with Crippen LogP contribution in [0.1, 0.15) is 42.0 Å². The van der Waals surface area contributed by atoms with Gasteiger partial charge in [0.25, 0.3) is 0 Å². The van der Waals surface area contributed by atoms with Crippen LogP contribution in [-0.4, -0.2) is 20.6 Å². The van der Waals surface area contributed by atoms with Crippen LogP contribution in [0.5, 0.6) is 0 Å². The number of furan rings is 1. The molecule has 0 atom stereocenters. The number of amides is 1. The van der Waals surface area contributed by atoms with E-state index < -0.39 is 10.0 Å². The number of anilines is 1. The smallest absolute Gasteiger partial charge is 0.229 e. The summed E-state index contributed by atoms with van der Waals surface area (Å²) in [5, 5.41) is 3.85. The Bertz CT molecular complexity index is 1150. The van der Waals surface area contributed by atoms with Crippen LogP contribution in [0.15, 0.2) is 47.1 Å². The van der Waals surface area contributed by atoms with Crippen molar-refractivity contribution in [1.82, 2.24) is 5.32 Å². The lowest BCUT2D eigenvalue weighted by Crippen LogP contribution is -2.24. The van der Waals surface area contributed by atoms with Crippen LogP contribution in [0.4, 0.5) is 5.69 Å². The first kappa shape index (κ1) is 20.9. The Morgan fingerprint density at radius 2 is 1.93 bits per heavy atom. The molecule has 154 valence electrons. The van der Waals surface area contributed by atoms with E-state index in [4.69, 9.17) is 4.42 Å². The summed E-state index contributed by atoms with van der Waals surface area (Å²) in [6.07, 6.45) is 2.96. The van der Waals surface area contributed by atoms with Gasteiger partial charge >= 0.3 is 0 Å². The third-order valence-corrected chi connectivity index (χ3v) is 5.34. The molecule has 0 radical (unpaired) electrons. The van der Waals surface area contributed by atoms with Crippen LogP contribution in [0.3, 0.4) is 0 Å². The first-order valence-corrected chi connectivity index (χ1v) is 11.4. The molecule has 29 heavy (non-hydrogen) atoms. The molecule has 0 spiro atoms. The number of carbonyl (C=O) groups is 1. The summed E-state index contributed by atoms with van der Waals surface area (Å²) in [4.78, 5) is 12.5. The largest absolute Gasteiger partial charge is 0.464 e. The molecule has 2 N–H and O–H groups in total. The minimum Gasteiger partial charge on any atom is -0.464 e. The monoisotopic (exact) mass is 414 g/mol. The predicted molar refractivity (Wildman–Crippen MR) is 115 cm³/mol. The minimum absolute atomic E-state index is 0.124. The summed E-state index contributed by atoms with van der Waals surface area (Å²) in [6, 6.07) is 11.1. The van der Waals surface area contributed by atoms with Crippen molar-refractivity contribution in [2.24, 2.45) is 0 Å². The maximum atomic E-state index is 12.5. The second kappa shape index (κ2) is 8.29. The van der Waals surface area contributed by atoms with Crippen molar-refractivity contribution in [3.63, 3.8) is 0 Å². The number of hydrogen-bond donors (Lipinski definition) is 2. The highest BCUT2D eigenvalue weighted by molar-refractivity contribution is 7.92. The molecule has 0 fully saturated rings. The summed E-state index contributed by atoms with van der Waals surface area (Å²) in [7, 11) is -3.34. The quantitative estimate of drug-likeness (QED) is 0.609. The number of carbonyl (C=O) groups excluding carboxylic acids is 1. The highest BCUT2D eigenvalue weighted by atomic mass is 32.2. The minimum atomic E-state index is -3.34. The Balaban J connectivity index is 1.69. The van der Waals surface area contributed by atoms with E-state index in [1.54, 1.807) is 24.5 Å². The predicted octanol–water partition coefficient (Wildman–Crippen LogP) is 4.10. The molecular weight excluding hydrogens is 388 g/mol. The van der Waals surface area contributed by atoms with Crippen molar-refractivity contribution in [3.8, 4) is 0 Å². The normalized spacial score (nSPS) is 11.8. The van der Waals surface area contributed by atoms with Crippen LogP contribution in [-0.2, 0) is 27.8 Å². The van der Waals surface area contributed by atoms with Crippen molar-refractivity contribution in [1.29, 1.82) is 0 Å². The molecule has 2 aromatic carbocycles. The molecule has 0 bridgehead atoms. The first-order valence-electron chi connectivity index (χ1n) is 9.46. The van der Waals surface area contributed by atoms with Crippen LogP contribution < -0.4 is 10.0 Å². The molecule has 3 aromatic rings. The molecule has 0 unspecified atom stereocenters. The van der Waals surface area contributed by atoms with E-state index in [2.05, 4.69) is 36.9 Å². The number of fused-ring (bicyclic) bond motifs is 1. The summed E-state index contributed by atoms with van der Waals surface area (Å²) in [5.74, 6) is 0.268. The average molecular weight is 415 g/mol. The maximum absolute atomic E-state index is 12.5. The molecule has 0 saturated carbocycles. The fraction of sp³-hybridized carbons (Fsp3) is 0.318. The molecule has 3 rings (SSSR count). The Labute approximate surface area is 171 Å². The van der Waals surface area contributed by atoms with E-state index in [-0.39, 0.29) is 12.3 Å². The zero-order valence-corrected chi connectivity index (χ0v) is 17.9. The Kier molecular flexibility index (Phi) is 5.98. The molecule has 6 nitrogen and oxygen atoms in total. The number of aryl methyl sites for hydroxylation is 1. The highest BCUT2D eigenvalue weighted by Gasteiger charge is 2.14. The summed E-state index contributed by atoms with van der Waals surface area (Å²) < 4.78 is 30.8. The average Bonchev–Trinajstić information content (AvgIpc) is 2.99. The Morgan fingerprint density at radius 1 is 1.17 bits per heavy atom. The number of sulfonamides is 1. The summed E-state index contributed by atoms with van der Waals surface area (Å²) >= 11 is 0. The van der Waals surface area contributed by atoms with Gasteiger partial charge in [0, 0.05) is 23.2 Å². The lowest BCUT2D eigenvalue weighted by molar-refractivity contribution is -0.120. The third kappa shape index (κ3) is 5.38. The van der Waals surface area contributed by atoms with Crippen molar-refractivity contribution >= 4 is 32.6 Å². The lowest BCUT2D eigenvalue weighted by atomic mass is 9.95. The van der Waals surface area contributed by atoms with Crippen molar-refractivity contribution in [2.75, 3.05) is 11.0 Å². The zero-order valence-electron chi connectivity index (χ0n) is 17.1. The fourth-order valence-electron chi connectivity index (χ4n) is 3.40. The van der Waals surface area contributed by atoms with Crippen molar-refractivity contribution < 1.29 is 17.6 Å². The maximum Gasteiger partial charge on any atom is 0.229 e. The van der Waals surface area contributed by atoms with Crippen LogP contribution in [0.25, 0.3) is 11.0 Å². The molecule has 0 aliphatic carbocycles. The molecule has 1 heterocycles. The van der Waals surface area contributed by atoms with Gasteiger partial charge in [0.1, 0.15) is 5.58 Å². The van der Waals surface area contributed by atoms with Gasteiger partial charge in [0.15, 0.2) is 0 Å². The fourth-order valence-corrected chi connectivity index (χ4v) is 3.95. The number of hydrogen-bond acceptors (Lipinski definition) is 4. The van der Waals surface area contributed by atoms with Crippen LogP contribution >= 0.6 is 0 Å². The van der Waals surface area contributed by atoms with E-state index in [1.807, 2.05) is 12.1 Å². The van der Waals surface area contributed by atoms with Crippen molar-refractivity contribution in [2.45, 2.75) is 39.7 Å². The van der Waals surface area contributed by atoms with Gasteiger partial charge in [-0.25, -0.2) is 8.42 Å². The molecular formula is C22H26N2O4S. The van der Waals surface area contributed by atoms with Gasteiger partial charge in [-0.15, -0.1) is 0 Å². The van der Waals surface area contributed by atoms with Gasteiger partial charge in [0.05, 0.1) is 18.9 Å². The van der Waals surface area contributed by atoms with Gasteiger partial charge in [0.2, 0.25) is 15.9 Å². The van der Waals surface area contributed by atoms with Gasteiger partial charge in [-0.1, -0.05) is 26.0 Å². The molecule has 1 amide bonds. The third-order valence-electron chi connectivity index (χ3n) is 4.74. The molecule has 0 aliphatic rings.